The highest BCUT2D eigenvalue weighted by Crippen LogP contribution is 2.44. The minimum absolute atomic E-state index is 0.0245. The summed E-state index contributed by atoms with van der Waals surface area (Å²) in [5, 5.41) is 10.4. The van der Waals surface area contributed by atoms with Gasteiger partial charge in [0.1, 0.15) is 11.7 Å². The molecule has 7 heteroatoms. The normalized spacial score (nSPS) is 23.4. The highest BCUT2D eigenvalue weighted by atomic mass is 16.5. The Morgan fingerprint density at radius 3 is 2.50 bits per heavy atom. The number of rotatable bonds is 6. The Morgan fingerprint density at radius 2 is 1.78 bits per heavy atom. The van der Waals surface area contributed by atoms with Crippen molar-refractivity contribution in [3.8, 4) is 0 Å². The molecular formula is C29H38N4O3. The van der Waals surface area contributed by atoms with Gasteiger partial charge in [0.15, 0.2) is 0 Å². The second-order valence-corrected chi connectivity index (χ2v) is 11.1. The van der Waals surface area contributed by atoms with Crippen molar-refractivity contribution in [1.82, 2.24) is 9.78 Å². The van der Waals surface area contributed by atoms with Crippen LogP contribution in [0.25, 0.3) is 6.08 Å². The van der Waals surface area contributed by atoms with E-state index in [-0.39, 0.29) is 29.2 Å². The average molecular weight is 491 g/mol. The number of benzene rings is 1. The molecule has 0 bridgehead atoms. The maximum Gasteiger partial charge on any atom is 0.238 e. The summed E-state index contributed by atoms with van der Waals surface area (Å²) in [6.07, 6.45) is 12.0. The zero-order chi connectivity index (χ0) is 25.3. The van der Waals surface area contributed by atoms with E-state index < -0.39 is 5.92 Å². The summed E-state index contributed by atoms with van der Waals surface area (Å²) in [6.45, 7) is 7.82. The summed E-state index contributed by atoms with van der Waals surface area (Å²) >= 11 is 0. The number of carbonyl (C=O) groups is 2. The average Bonchev–Trinajstić information content (AvgIpc) is 3.46. The van der Waals surface area contributed by atoms with Gasteiger partial charge < -0.3 is 15.4 Å². The lowest BCUT2D eigenvalue weighted by molar-refractivity contribution is -0.132. The molecule has 0 radical (unpaired) electrons. The fourth-order valence-electron chi connectivity index (χ4n) is 6.16. The van der Waals surface area contributed by atoms with Gasteiger partial charge in [-0.2, -0.15) is 5.10 Å². The molecule has 192 valence electrons. The van der Waals surface area contributed by atoms with Crippen molar-refractivity contribution in [2.45, 2.75) is 70.8 Å². The monoisotopic (exact) mass is 490 g/mol. The van der Waals surface area contributed by atoms with E-state index >= 15 is 0 Å². The summed E-state index contributed by atoms with van der Waals surface area (Å²) in [5.74, 6) is 0.0509. The van der Waals surface area contributed by atoms with E-state index in [1.54, 1.807) is 16.9 Å². The molecule has 2 aliphatic carbocycles. The molecule has 1 aromatic carbocycles. The molecule has 3 aliphatic rings. The number of hydrogen-bond donors (Lipinski definition) is 2. The topological polar surface area (TPSA) is 85.2 Å². The van der Waals surface area contributed by atoms with Gasteiger partial charge in [0, 0.05) is 36.4 Å². The van der Waals surface area contributed by atoms with Crippen molar-refractivity contribution in [2.24, 2.45) is 17.8 Å². The lowest BCUT2D eigenvalue weighted by atomic mass is 9.75. The first-order chi connectivity index (χ1) is 17.4. The third-order valence-electron chi connectivity index (χ3n) is 8.33. The van der Waals surface area contributed by atoms with E-state index in [1.165, 1.54) is 5.56 Å². The Kier molecular flexibility index (Phi) is 7.02. The standard InChI is InChI=1S/C29H38N4O3/c1-19(2)33-25(11-15-30-33)32-28(35)26(21-6-4-20(3)5-7-21)27(34)31-23-8-9-24-22(18-23)10-12-29(24)13-16-36-17-14-29/h8-12,15,18-21,26H,4-7,13-14,16-17H2,1-3H3,(H,31,34)(H,32,35)/t20?,21?,26-/m0/s1. The molecular weight excluding hydrogens is 452 g/mol. The molecule has 1 atom stereocenters. The molecule has 36 heavy (non-hydrogen) atoms. The van der Waals surface area contributed by atoms with Crippen LogP contribution in [-0.4, -0.2) is 34.8 Å². The Balaban J connectivity index is 1.35. The summed E-state index contributed by atoms with van der Waals surface area (Å²) in [6, 6.07) is 8.05. The number of nitrogens with zero attached hydrogens (tertiary/aromatic N) is 2. The Hall–Kier alpha value is -2.93. The molecule has 2 fully saturated rings. The first kappa shape index (κ1) is 24.8. The quantitative estimate of drug-likeness (QED) is 0.519. The lowest BCUT2D eigenvalue weighted by Crippen LogP contribution is -2.40. The number of aromatic nitrogens is 2. The van der Waals surface area contributed by atoms with E-state index in [9.17, 15) is 9.59 Å². The van der Waals surface area contributed by atoms with Gasteiger partial charge >= 0.3 is 0 Å². The molecule has 7 nitrogen and oxygen atoms in total. The third-order valence-corrected chi connectivity index (χ3v) is 8.33. The molecule has 1 spiro atoms. The van der Waals surface area contributed by atoms with Gasteiger partial charge in [-0.15, -0.1) is 0 Å². The zero-order valence-corrected chi connectivity index (χ0v) is 21.6. The van der Waals surface area contributed by atoms with Crippen molar-refractivity contribution in [3.63, 3.8) is 0 Å². The fourth-order valence-corrected chi connectivity index (χ4v) is 6.16. The molecule has 2 heterocycles. The number of amides is 2. The van der Waals surface area contributed by atoms with Gasteiger partial charge in [-0.1, -0.05) is 38.0 Å². The first-order valence-corrected chi connectivity index (χ1v) is 13.4. The van der Waals surface area contributed by atoms with Crippen LogP contribution in [0.2, 0.25) is 0 Å². The van der Waals surface area contributed by atoms with Crippen LogP contribution in [0.4, 0.5) is 11.5 Å². The molecule has 1 aliphatic heterocycles. The predicted octanol–water partition coefficient (Wildman–Crippen LogP) is 5.56. The van der Waals surface area contributed by atoms with E-state index in [0.717, 1.165) is 63.0 Å². The van der Waals surface area contributed by atoms with Crippen LogP contribution in [-0.2, 0) is 19.7 Å². The van der Waals surface area contributed by atoms with Gasteiger partial charge in [-0.05, 0) is 74.6 Å². The minimum Gasteiger partial charge on any atom is -0.381 e. The Morgan fingerprint density at radius 1 is 1.06 bits per heavy atom. The van der Waals surface area contributed by atoms with Crippen molar-refractivity contribution in [2.75, 3.05) is 23.8 Å². The van der Waals surface area contributed by atoms with Crippen molar-refractivity contribution < 1.29 is 14.3 Å². The fraction of sp³-hybridized carbons (Fsp3) is 0.552. The number of anilines is 2. The number of carbonyl (C=O) groups excluding carboxylic acids is 2. The second kappa shape index (κ2) is 10.2. The maximum atomic E-state index is 13.6. The minimum atomic E-state index is -0.751. The van der Waals surface area contributed by atoms with Crippen LogP contribution in [0.5, 0.6) is 0 Å². The van der Waals surface area contributed by atoms with E-state index in [0.29, 0.717) is 11.7 Å². The molecule has 1 saturated carbocycles. The first-order valence-electron chi connectivity index (χ1n) is 13.4. The zero-order valence-electron chi connectivity index (χ0n) is 21.6. The van der Waals surface area contributed by atoms with E-state index in [1.807, 2.05) is 26.0 Å². The maximum absolute atomic E-state index is 13.6. The molecule has 5 rings (SSSR count). The molecule has 1 saturated heterocycles. The van der Waals surface area contributed by atoms with Gasteiger partial charge in [0.25, 0.3) is 0 Å². The summed E-state index contributed by atoms with van der Waals surface area (Å²) in [5.41, 5.74) is 3.24. The van der Waals surface area contributed by atoms with Crippen LogP contribution >= 0.6 is 0 Å². The van der Waals surface area contributed by atoms with E-state index in [4.69, 9.17) is 4.74 Å². The van der Waals surface area contributed by atoms with Gasteiger partial charge in [-0.25, -0.2) is 4.68 Å². The van der Waals surface area contributed by atoms with Gasteiger partial charge in [0.05, 0.1) is 6.20 Å². The SMILES string of the molecule is CC1CCC([C@@H](C(=O)Nc2ccc3c(c2)C=CC32CCOCC2)C(=O)Nc2ccnn2C(C)C)CC1. The van der Waals surface area contributed by atoms with Crippen molar-refractivity contribution in [1.29, 1.82) is 0 Å². The second-order valence-electron chi connectivity index (χ2n) is 11.1. The van der Waals surface area contributed by atoms with Crippen molar-refractivity contribution >= 4 is 29.4 Å². The number of ether oxygens (including phenoxy) is 1. The van der Waals surface area contributed by atoms with Gasteiger partial charge in [-0.3, -0.25) is 9.59 Å². The van der Waals surface area contributed by atoms with Crippen LogP contribution < -0.4 is 10.6 Å². The molecule has 1 aromatic heterocycles. The van der Waals surface area contributed by atoms with Crippen LogP contribution in [0.3, 0.4) is 0 Å². The van der Waals surface area contributed by atoms with Crippen LogP contribution in [0, 0.1) is 17.8 Å². The number of fused-ring (bicyclic) bond motifs is 2. The van der Waals surface area contributed by atoms with E-state index in [2.05, 4.69) is 40.9 Å². The number of hydrogen-bond acceptors (Lipinski definition) is 4. The van der Waals surface area contributed by atoms with Crippen molar-refractivity contribution in [3.05, 3.63) is 47.7 Å². The highest BCUT2D eigenvalue weighted by Gasteiger charge is 2.38. The van der Waals surface area contributed by atoms with Crippen LogP contribution in [0.1, 0.15) is 76.5 Å². The third kappa shape index (κ3) is 4.85. The summed E-state index contributed by atoms with van der Waals surface area (Å²) in [4.78, 5) is 27.2. The predicted molar refractivity (Wildman–Crippen MR) is 142 cm³/mol. The number of allylic oxidation sites excluding steroid dienone is 1. The smallest absolute Gasteiger partial charge is 0.238 e. The van der Waals surface area contributed by atoms with Gasteiger partial charge in [0.2, 0.25) is 11.8 Å². The Bertz CT molecular complexity index is 1140. The number of nitrogens with one attached hydrogen (secondary N) is 2. The summed E-state index contributed by atoms with van der Waals surface area (Å²) < 4.78 is 7.36. The Labute approximate surface area is 213 Å². The molecule has 0 unspecified atom stereocenters. The summed E-state index contributed by atoms with van der Waals surface area (Å²) in [7, 11) is 0. The lowest BCUT2D eigenvalue weighted by Gasteiger charge is -2.33. The highest BCUT2D eigenvalue weighted by molar-refractivity contribution is 6.11. The van der Waals surface area contributed by atoms with Crippen LogP contribution in [0.15, 0.2) is 36.5 Å². The molecule has 2 N–H and O–H groups in total. The molecule has 2 amide bonds. The molecule has 2 aromatic rings. The largest absolute Gasteiger partial charge is 0.381 e.